The standard InChI is InChI=1S/C12H16F2N2O3/c1-3-19-9(17)4-7-6-16-12(18-2)8(5-15)10(7)11(13)14/h6,11H,3-5,15H2,1-2H3. The molecule has 19 heavy (non-hydrogen) atoms. The fourth-order valence-electron chi connectivity index (χ4n) is 1.75. The van der Waals surface area contributed by atoms with Crippen LogP contribution >= 0.6 is 0 Å². The Hall–Kier alpha value is -1.76. The lowest BCUT2D eigenvalue weighted by Crippen LogP contribution is -2.14. The van der Waals surface area contributed by atoms with Gasteiger partial charge in [-0.05, 0) is 12.5 Å². The Bertz CT molecular complexity index is 453. The minimum Gasteiger partial charge on any atom is -0.481 e. The number of hydrogen-bond acceptors (Lipinski definition) is 5. The van der Waals surface area contributed by atoms with Gasteiger partial charge in [0.25, 0.3) is 6.43 Å². The minimum atomic E-state index is -2.76. The zero-order chi connectivity index (χ0) is 14.4. The molecular weight excluding hydrogens is 258 g/mol. The number of nitrogens with two attached hydrogens (primary N) is 1. The molecule has 1 aromatic heterocycles. The molecule has 0 spiro atoms. The summed E-state index contributed by atoms with van der Waals surface area (Å²) in [6, 6.07) is 0. The summed E-state index contributed by atoms with van der Waals surface area (Å²) in [7, 11) is 1.32. The van der Waals surface area contributed by atoms with Crippen molar-refractivity contribution < 1.29 is 23.0 Å². The zero-order valence-electron chi connectivity index (χ0n) is 10.8. The van der Waals surface area contributed by atoms with Crippen LogP contribution in [-0.4, -0.2) is 24.7 Å². The van der Waals surface area contributed by atoms with E-state index in [0.717, 1.165) is 0 Å². The van der Waals surface area contributed by atoms with Crippen LogP contribution in [0.3, 0.4) is 0 Å². The normalized spacial score (nSPS) is 10.6. The second-order valence-corrected chi connectivity index (χ2v) is 3.67. The molecule has 1 heterocycles. The Labute approximate surface area is 109 Å². The molecule has 7 heteroatoms. The van der Waals surface area contributed by atoms with Crippen LogP contribution in [0.1, 0.15) is 30.0 Å². The van der Waals surface area contributed by atoms with Crippen LogP contribution in [0.4, 0.5) is 8.78 Å². The van der Waals surface area contributed by atoms with Crippen molar-refractivity contribution in [2.45, 2.75) is 26.3 Å². The van der Waals surface area contributed by atoms with Crippen molar-refractivity contribution in [3.05, 3.63) is 22.9 Å². The molecule has 106 valence electrons. The first-order valence-electron chi connectivity index (χ1n) is 5.73. The average molecular weight is 274 g/mol. The molecule has 0 aliphatic heterocycles. The molecule has 2 N–H and O–H groups in total. The van der Waals surface area contributed by atoms with E-state index in [1.54, 1.807) is 6.92 Å². The number of halogens is 2. The zero-order valence-corrected chi connectivity index (χ0v) is 10.8. The monoisotopic (exact) mass is 274 g/mol. The lowest BCUT2D eigenvalue weighted by Gasteiger charge is -2.15. The van der Waals surface area contributed by atoms with Crippen molar-refractivity contribution in [1.29, 1.82) is 0 Å². The molecule has 0 aromatic carbocycles. The summed E-state index contributed by atoms with van der Waals surface area (Å²) in [6.07, 6.45) is -1.84. The third-order valence-electron chi connectivity index (χ3n) is 2.52. The molecule has 0 fully saturated rings. The first kappa shape index (κ1) is 15.3. The topological polar surface area (TPSA) is 74.4 Å². The van der Waals surface area contributed by atoms with Gasteiger partial charge in [-0.1, -0.05) is 0 Å². The van der Waals surface area contributed by atoms with Crippen molar-refractivity contribution in [2.24, 2.45) is 5.73 Å². The number of carbonyl (C=O) groups is 1. The van der Waals surface area contributed by atoms with E-state index in [0.29, 0.717) is 0 Å². The van der Waals surface area contributed by atoms with E-state index in [9.17, 15) is 13.6 Å². The predicted octanol–water partition coefficient (Wildman–Crippen LogP) is 1.59. The number of methoxy groups -OCH3 is 1. The van der Waals surface area contributed by atoms with E-state index in [4.69, 9.17) is 15.2 Å². The van der Waals surface area contributed by atoms with Gasteiger partial charge in [-0.2, -0.15) is 0 Å². The molecule has 0 unspecified atom stereocenters. The summed E-state index contributed by atoms with van der Waals surface area (Å²) in [5.74, 6) is -0.537. The van der Waals surface area contributed by atoms with Crippen molar-refractivity contribution in [3.8, 4) is 5.88 Å². The number of nitrogens with zero attached hydrogens (tertiary/aromatic N) is 1. The number of carbonyl (C=O) groups excluding carboxylic acids is 1. The maximum absolute atomic E-state index is 13.1. The number of esters is 1. The van der Waals surface area contributed by atoms with Gasteiger partial charge in [-0.15, -0.1) is 0 Å². The molecule has 0 saturated carbocycles. The molecular formula is C12H16F2N2O3. The molecule has 0 aliphatic rings. The molecule has 0 radical (unpaired) electrons. The Balaban J connectivity index is 3.20. The highest BCUT2D eigenvalue weighted by Crippen LogP contribution is 2.31. The molecule has 1 aromatic rings. The molecule has 1 rings (SSSR count). The number of ether oxygens (including phenoxy) is 2. The SMILES string of the molecule is CCOC(=O)Cc1cnc(OC)c(CN)c1C(F)F. The highest BCUT2D eigenvalue weighted by Gasteiger charge is 2.23. The van der Waals surface area contributed by atoms with Crippen LogP contribution in [0.15, 0.2) is 6.20 Å². The van der Waals surface area contributed by atoms with Gasteiger partial charge in [-0.3, -0.25) is 4.79 Å². The molecule has 0 atom stereocenters. The van der Waals surface area contributed by atoms with Crippen LogP contribution in [0.5, 0.6) is 5.88 Å². The third-order valence-corrected chi connectivity index (χ3v) is 2.52. The average Bonchev–Trinajstić information content (AvgIpc) is 2.37. The second-order valence-electron chi connectivity index (χ2n) is 3.67. The van der Waals surface area contributed by atoms with Crippen molar-refractivity contribution >= 4 is 5.97 Å². The summed E-state index contributed by atoms with van der Waals surface area (Å²) in [6.45, 7) is 1.69. The molecule has 0 bridgehead atoms. The van der Waals surface area contributed by atoms with Gasteiger partial charge in [0.15, 0.2) is 0 Å². The fourth-order valence-corrected chi connectivity index (χ4v) is 1.75. The van der Waals surface area contributed by atoms with E-state index in [-0.39, 0.29) is 42.1 Å². The van der Waals surface area contributed by atoms with Crippen molar-refractivity contribution in [3.63, 3.8) is 0 Å². The highest BCUT2D eigenvalue weighted by atomic mass is 19.3. The number of hydrogen-bond donors (Lipinski definition) is 1. The van der Waals surface area contributed by atoms with Crippen LogP contribution in [0, 0.1) is 0 Å². The number of rotatable bonds is 6. The van der Waals surface area contributed by atoms with Gasteiger partial charge in [0.1, 0.15) is 0 Å². The Morgan fingerprint density at radius 3 is 2.68 bits per heavy atom. The number of aromatic nitrogens is 1. The van der Waals surface area contributed by atoms with Crippen LogP contribution < -0.4 is 10.5 Å². The smallest absolute Gasteiger partial charge is 0.310 e. The lowest BCUT2D eigenvalue weighted by molar-refractivity contribution is -0.142. The van der Waals surface area contributed by atoms with Gasteiger partial charge in [0, 0.05) is 23.9 Å². The quantitative estimate of drug-likeness (QED) is 0.797. The van der Waals surface area contributed by atoms with Gasteiger partial charge in [0.2, 0.25) is 5.88 Å². The van der Waals surface area contributed by atoms with Gasteiger partial charge in [0.05, 0.1) is 20.1 Å². The van der Waals surface area contributed by atoms with E-state index in [2.05, 4.69) is 4.98 Å². The Morgan fingerprint density at radius 1 is 1.53 bits per heavy atom. The number of pyridine rings is 1. The van der Waals surface area contributed by atoms with E-state index in [1.165, 1.54) is 13.3 Å². The molecule has 0 amide bonds. The van der Waals surface area contributed by atoms with Crippen molar-refractivity contribution in [1.82, 2.24) is 4.98 Å². The maximum atomic E-state index is 13.1. The Kier molecular flexibility index (Phi) is 5.62. The predicted molar refractivity (Wildman–Crippen MR) is 64.0 cm³/mol. The largest absolute Gasteiger partial charge is 0.481 e. The first-order valence-corrected chi connectivity index (χ1v) is 5.73. The summed E-state index contributed by atoms with van der Waals surface area (Å²) >= 11 is 0. The minimum absolute atomic E-state index is 0.0467. The van der Waals surface area contributed by atoms with Crippen molar-refractivity contribution in [2.75, 3.05) is 13.7 Å². The van der Waals surface area contributed by atoms with E-state index in [1.807, 2.05) is 0 Å². The summed E-state index contributed by atoms with van der Waals surface area (Å²) in [5, 5.41) is 0. The molecule has 0 saturated heterocycles. The molecule has 5 nitrogen and oxygen atoms in total. The number of alkyl halides is 2. The molecule has 0 aliphatic carbocycles. The second kappa shape index (κ2) is 6.98. The van der Waals surface area contributed by atoms with Crippen LogP contribution in [-0.2, 0) is 22.5 Å². The van der Waals surface area contributed by atoms with E-state index >= 15 is 0 Å². The van der Waals surface area contributed by atoms with Gasteiger partial charge < -0.3 is 15.2 Å². The first-order chi connectivity index (χ1) is 9.04. The van der Waals surface area contributed by atoms with E-state index < -0.39 is 12.4 Å². The third kappa shape index (κ3) is 3.60. The fraction of sp³-hybridized carbons (Fsp3) is 0.500. The van der Waals surface area contributed by atoms with Gasteiger partial charge >= 0.3 is 5.97 Å². The summed E-state index contributed by atoms with van der Waals surface area (Å²) in [5.41, 5.74) is 5.37. The lowest BCUT2D eigenvalue weighted by atomic mass is 10.0. The van der Waals surface area contributed by atoms with Gasteiger partial charge in [-0.25, -0.2) is 13.8 Å². The summed E-state index contributed by atoms with van der Waals surface area (Å²) < 4.78 is 35.9. The Morgan fingerprint density at radius 2 is 2.21 bits per heavy atom. The highest BCUT2D eigenvalue weighted by molar-refractivity contribution is 5.73. The summed E-state index contributed by atoms with van der Waals surface area (Å²) in [4.78, 5) is 15.3. The van der Waals surface area contributed by atoms with Crippen LogP contribution in [0.2, 0.25) is 0 Å². The maximum Gasteiger partial charge on any atom is 0.310 e. The van der Waals surface area contributed by atoms with Crippen LogP contribution in [0.25, 0.3) is 0 Å².